The number of halogens is 2. The Kier molecular flexibility index (Phi) is 5.53. The van der Waals surface area contributed by atoms with Crippen molar-refractivity contribution in [3.63, 3.8) is 0 Å². The van der Waals surface area contributed by atoms with Gasteiger partial charge in [-0.15, -0.1) is 0 Å². The maximum absolute atomic E-state index is 12.3. The molecule has 0 bridgehead atoms. The zero-order valence-corrected chi connectivity index (χ0v) is 12.6. The first-order chi connectivity index (χ1) is 10.0. The number of benzene rings is 1. The smallest absolute Gasteiger partial charge is 0.387 e. The van der Waals surface area contributed by atoms with Crippen LogP contribution in [0, 0.1) is 17.8 Å². The van der Waals surface area contributed by atoms with Crippen molar-refractivity contribution in [2.24, 2.45) is 23.6 Å². The molecule has 1 fully saturated rings. The third kappa shape index (κ3) is 4.14. The largest absolute Gasteiger partial charge is 0.435 e. The van der Waals surface area contributed by atoms with E-state index in [1.54, 1.807) is 12.1 Å². The average molecular weight is 298 g/mol. The molecule has 0 amide bonds. The Morgan fingerprint density at radius 3 is 2.62 bits per heavy atom. The monoisotopic (exact) mass is 298 g/mol. The van der Waals surface area contributed by atoms with Crippen LogP contribution in [0.15, 0.2) is 24.3 Å². The van der Waals surface area contributed by atoms with E-state index < -0.39 is 6.61 Å². The van der Waals surface area contributed by atoms with Crippen LogP contribution in [-0.2, 0) is 0 Å². The van der Waals surface area contributed by atoms with Crippen LogP contribution in [0.5, 0.6) is 5.75 Å². The highest BCUT2D eigenvalue weighted by Crippen LogP contribution is 2.40. The first kappa shape index (κ1) is 16.2. The van der Waals surface area contributed by atoms with Gasteiger partial charge in [0.2, 0.25) is 0 Å². The zero-order valence-electron chi connectivity index (χ0n) is 12.6. The summed E-state index contributed by atoms with van der Waals surface area (Å²) in [4.78, 5) is 0. The number of hydrogen-bond acceptors (Lipinski definition) is 3. The molecular formula is C16H24F2N2O. The lowest BCUT2D eigenvalue weighted by atomic mass is 9.72. The highest BCUT2D eigenvalue weighted by molar-refractivity contribution is 5.31. The van der Waals surface area contributed by atoms with Crippen molar-refractivity contribution in [2.75, 3.05) is 0 Å². The number of rotatable bonds is 5. The minimum Gasteiger partial charge on any atom is -0.435 e. The Hall–Kier alpha value is -1.20. The van der Waals surface area contributed by atoms with E-state index in [2.05, 4.69) is 24.0 Å². The van der Waals surface area contributed by atoms with E-state index in [-0.39, 0.29) is 11.8 Å². The van der Waals surface area contributed by atoms with Gasteiger partial charge in [-0.2, -0.15) is 8.78 Å². The Bertz CT molecular complexity index is 456. The third-order valence-corrected chi connectivity index (χ3v) is 4.73. The molecule has 3 N–H and O–H groups in total. The predicted molar refractivity (Wildman–Crippen MR) is 78.8 cm³/mol. The average Bonchev–Trinajstić information content (AvgIpc) is 2.43. The maximum atomic E-state index is 12.3. The molecule has 5 heteroatoms. The zero-order chi connectivity index (χ0) is 15.4. The second kappa shape index (κ2) is 7.18. The molecule has 21 heavy (non-hydrogen) atoms. The molecule has 0 spiro atoms. The van der Waals surface area contributed by atoms with Crippen molar-refractivity contribution < 1.29 is 13.5 Å². The van der Waals surface area contributed by atoms with Crippen molar-refractivity contribution >= 4 is 0 Å². The van der Waals surface area contributed by atoms with Crippen LogP contribution in [0.4, 0.5) is 8.78 Å². The number of alkyl halides is 2. The molecule has 1 aliphatic rings. The molecule has 0 radical (unpaired) electrons. The first-order valence-corrected chi connectivity index (χ1v) is 7.52. The van der Waals surface area contributed by atoms with Gasteiger partial charge in [-0.1, -0.05) is 32.4 Å². The molecule has 0 aromatic heterocycles. The van der Waals surface area contributed by atoms with Gasteiger partial charge in [0.25, 0.3) is 0 Å². The number of ether oxygens (including phenoxy) is 1. The van der Waals surface area contributed by atoms with Gasteiger partial charge < -0.3 is 4.74 Å². The quantitative estimate of drug-likeness (QED) is 0.641. The molecule has 1 aliphatic carbocycles. The summed E-state index contributed by atoms with van der Waals surface area (Å²) < 4.78 is 29.1. The number of hydrogen-bond donors (Lipinski definition) is 2. The SMILES string of the molecule is CC1CCC(C(NN)c2cccc(OC(F)F)c2)CC1C. The standard InChI is InChI=1S/C16H24F2N2O/c1-10-6-7-13(8-11(10)2)15(20-19)12-4-3-5-14(9-12)21-16(17)18/h3-5,9-11,13,15-16,20H,6-8,19H2,1-2H3. The summed E-state index contributed by atoms with van der Waals surface area (Å²) in [5.41, 5.74) is 3.77. The van der Waals surface area contributed by atoms with Gasteiger partial charge in [-0.05, 0) is 48.3 Å². The van der Waals surface area contributed by atoms with Crippen LogP contribution >= 0.6 is 0 Å². The minimum atomic E-state index is -2.81. The second-order valence-electron chi connectivity index (χ2n) is 6.12. The van der Waals surface area contributed by atoms with Crippen LogP contribution in [0.25, 0.3) is 0 Å². The van der Waals surface area contributed by atoms with Crippen LogP contribution in [0.1, 0.15) is 44.7 Å². The van der Waals surface area contributed by atoms with Crippen molar-refractivity contribution in [3.05, 3.63) is 29.8 Å². The summed E-state index contributed by atoms with van der Waals surface area (Å²) in [6, 6.07) is 6.80. The fourth-order valence-electron chi connectivity index (χ4n) is 3.28. The molecule has 1 aromatic carbocycles. The van der Waals surface area contributed by atoms with Gasteiger partial charge in [-0.3, -0.25) is 11.3 Å². The summed E-state index contributed by atoms with van der Waals surface area (Å²) in [6.45, 7) is 1.74. The van der Waals surface area contributed by atoms with Gasteiger partial charge in [0.15, 0.2) is 0 Å². The van der Waals surface area contributed by atoms with E-state index in [9.17, 15) is 8.78 Å². The Labute approximate surface area is 124 Å². The number of nitrogens with one attached hydrogen (secondary N) is 1. The van der Waals surface area contributed by atoms with Gasteiger partial charge in [-0.25, -0.2) is 0 Å². The first-order valence-electron chi connectivity index (χ1n) is 7.52. The van der Waals surface area contributed by atoms with E-state index in [4.69, 9.17) is 5.84 Å². The van der Waals surface area contributed by atoms with Crippen molar-refractivity contribution in [1.82, 2.24) is 5.43 Å². The van der Waals surface area contributed by atoms with E-state index >= 15 is 0 Å². The number of nitrogens with two attached hydrogens (primary N) is 1. The minimum absolute atomic E-state index is 0.0267. The van der Waals surface area contributed by atoms with Crippen LogP contribution in [0.2, 0.25) is 0 Å². The molecule has 0 heterocycles. The highest BCUT2D eigenvalue weighted by Gasteiger charge is 2.30. The maximum Gasteiger partial charge on any atom is 0.387 e. The third-order valence-electron chi connectivity index (χ3n) is 4.73. The molecule has 1 saturated carbocycles. The lowest BCUT2D eigenvalue weighted by molar-refractivity contribution is -0.0499. The van der Waals surface area contributed by atoms with Gasteiger partial charge in [0.1, 0.15) is 5.75 Å². The van der Waals surface area contributed by atoms with E-state index in [0.29, 0.717) is 11.8 Å². The highest BCUT2D eigenvalue weighted by atomic mass is 19.3. The molecule has 118 valence electrons. The fourth-order valence-corrected chi connectivity index (χ4v) is 3.28. The molecule has 3 nitrogen and oxygen atoms in total. The molecular weight excluding hydrogens is 274 g/mol. The molecule has 0 aliphatic heterocycles. The van der Waals surface area contributed by atoms with Crippen molar-refractivity contribution in [2.45, 2.75) is 45.8 Å². The van der Waals surface area contributed by atoms with Gasteiger partial charge in [0.05, 0.1) is 0 Å². The Morgan fingerprint density at radius 1 is 1.24 bits per heavy atom. The summed E-state index contributed by atoms with van der Waals surface area (Å²) in [7, 11) is 0. The summed E-state index contributed by atoms with van der Waals surface area (Å²) >= 11 is 0. The Balaban J connectivity index is 2.13. The van der Waals surface area contributed by atoms with E-state index in [0.717, 1.165) is 24.3 Å². The lowest BCUT2D eigenvalue weighted by Gasteiger charge is -2.36. The predicted octanol–water partition coefficient (Wildman–Crippen LogP) is 3.86. The van der Waals surface area contributed by atoms with Gasteiger partial charge >= 0.3 is 6.61 Å². The van der Waals surface area contributed by atoms with Crippen molar-refractivity contribution in [1.29, 1.82) is 0 Å². The van der Waals surface area contributed by atoms with Crippen LogP contribution in [0.3, 0.4) is 0 Å². The topological polar surface area (TPSA) is 47.3 Å². The number of hydrazine groups is 1. The summed E-state index contributed by atoms with van der Waals surface area (Å²) in [5.74, 6) is 7.71. The Morgan fingerprint density at radius 2 is 2.00 bits per heavy atom. The molecule has 4 unspecified atom stereocenters. The summed E-state index contributed by atoms with van der Waals surface area (Å²) in [5, 5.41) is 0. The summed E-state index contributed by atoms with van der Waals surface area (Å²) in [6.07, 6.45) is 3.37. The van der Waals surface area contributed by atoms with E-state index in [1.165, 1.54) is 12.5 Å². The van der Waals surface area contributed by atoms with Crippen molar-refractivity contribution in [3.8, 4) is 5.75 Å². The normalized spacial score (nSPS) is 27.6. The lowest BCUT2D eigenvalue weighted by Crippen LogP contribution is -2.36. The van der Waals surface area contributed by atoms with E-state index in [1.807, 2.05) is 6.07 Å². The molecule has 4 atom stereocenters. The second-order valence-corrected chi connectivity index (χ2v) is 6.12. The molecule has 2 rings (SSSR count). The van der Waals surface area contributed by atoms with Gasteiger partial charge in [0, 0.05) is 6.04 Å². The molecule has 0 saturated heterocycles. The van der Waals surface area contributed by atoms with Crippen LogP contribution < -0.4 is 16.0 Å². The van der Waals surface area contributed by atoms with Crippen LogP contribution in [-0.4, -0.2) is 6.61 Å². The fraction of sp³-hybridized carbons (Fsp3) is 0.625. The molecule has 1 aromatic rings.